The maximum Gasteiger partial charge on any atom is 0.0848 e. The van der Waals surface area contributed by atoms with E-state index in [-0.39, 0.29) is 5.54 Å². The average Bonchev–Trinajstić information content (AvgIpc) is 3.07. The monoisotopic (exact) mass is 326 g/mol. The average molecular weight is 326 g/mol. The normalized spacial score (nSPS) is 20.0. The van der Waals surface area contributed by atoms with Gasteiger partial charge in [-0.15, -0.1) is 0 Å². The molecule has 25 heavy (non-hydrogen) atoms. The van der Waals surface area contributed by atoms with Crippen molar-refractivity contribution in [3.63, 3.8) is 0 Å². The van der Waals surface area contributed by atoms with Crippen molar-refractivity contribution in [1.29, 1.82) is 0 Å². The second-order valence-electron chi connectivity index (χ2n) is 6.99. The van der Waals surface area contributed by atoms with E-state index < -0.39 is 0 Å². The molecule has 2 N–H and O–H groups in total. The summed E-state index contributed by atoms with van der Waals surface area (Å²) in [4.78, 5) is 3.76. The lowest BCUT2D eigenvalue weighted by Gasteiger charge is -2.39. The highest BCUT2D eigenvalue weighted by Gasteiger charge is 2.39. The van der Waals surface area contributed by atoms with Gasteiger partial charge in [-0.25, -0.2) is 0 Å². The molecule has 1 atom stereocenters. The van der Waals surface area contributed by atoms with Gasteiger partial charge in [0.15, 0.2) is 0 Å². The van der Waals surface area contributed by atoms with Crippen LogP contribution in [0.5, 0.6) is 0 Å². The Morgan fingerprint density at radius 3 is 2.52 bits per heavy atom. The number of nitrogens with one attached hydrogen (secondary N) is 2. The first-order valence-electron chi connectivity index (χ1n) is 9.17. The number of hydrogen-bond acceptors (Lipinski definition) is 1. The molecule has 2 heterocycles. The van der Waals surface area contributed by atoms with E-state index >= 15 is 0 Å². The Morgan fingerprint density at radius 2 is 1.64 bits per heavy atom. The van der Waals surface area contributed by atoms with E-state index in [0.717, 1.165) is 19.4 Å². The zero-order chi connectivity index (χ0) is 16.9. The summed E-state index contributed by atoms with van der Waals surface area (Å²) >= 11 is 0. The Bertz CT molecular complexity index is 1070. The molecule has 3 aromatic carbocycles. The van der Waals surface area contributed by atoms with Crippen LogP contribution in [0.15, 0.2) is 66.7 Å². The minimum absolute atomic E-state index is 0.159. The van der Waals surface area contributed by atoms with Crippen LogP contribution in [0, 0.1) is 0 Å². The standard InChI is InChI=1S/C23H22N2/c1-2-23(20-12-7-9-16-8-3-4-10-17(16)20)22-19(14-15-24-23)18-11-5-6-13-21(18)25-22/h3-13,24-25H,2,14-15H2,1H3. The van der Waals surface area contributed by atoms with E-state index in [2.05, 4.69) is 84.0 Å². The maximum absolute atomic E-state index is 3.88. The first-order chi connectivity index (χ1) is 12.3. The van der Waals surface area contributed by atoms with Crippen molar-refractivity contribution in [1.82, 2.24) is 10.3 Å². The number of fused-ring (bicyclic) bond motifs is 4. The first-order valence-corrected chi connectivity index (χ1v) is 9.17. The lowest BCUT2D eigenvalue weighted by atomic mass is 9.77. The molecule has 1 aliphatic heterocycles. The number of hydrogen-bond donors (Lipinski definition) is 2. The van der Waals surface area contributed by atoms with Crippen LogP contribution < -0.4 is 5.32 Å². The number of rotatable bonds is 2. The first kappa shape index (κ1) is 14.7. The quantitative estimate of drug-likeness (QED) is 0.526. The van der Waals surface area contributed by atoms with Crippen LogP contribution in [0.1, 0.15) is 30.2 Å². The van der Waals surface area contributed by atoms with Crippen molar-refractivity contribution in [3.05, 3.63) is 83.6 Å². The van der Waals surface area contributed by atoms with Gasteiger partial charge in [0.1, 0.15) is 0 Å². The summed E-state index contributed by atoms with van der Waals surface area (Å²) in [6.45, 7) is 3.29. The SMILES string of the molecule is CCC1(c2cccc3ccccc23)NCCc2c1[nH]c1ccccc21. The third-order valence-electron chi connectivity index (χ3n) is 5.82. The van der Waals surface area contributed by atoms with E-state index in [4.69, 9.17) is 0 Å². The van der Waals surface area contributed by atoms with Gasteiger partial charge in [-0.1, -0.05) is 67.6 Å². The molecule has 0 saturated heterocycles. The fourth-order valence-electron chi connectivity index (χ4n) is 4.63. The molecule has 124 valence electrons. The predicted molar refractivity (Wildman–Crippen MR) is 105 cm³/mol. The Morgan fingerprint density at radius 1 is 0.880 bits per heavy atom. The van der Waals surface area contributed by atoms with E-state index in [1.807, 2.05) is 0 Å². The molecule has 1 aliphatic rings. The summed E-state index contributed by atoms with van der Waals surface area (Å²) in [6, 6.07) is 24.1. The highest BCUT2D eigenvalue weighted by atomic mass is 15.0. The second kappa shape index (κ2) is 5.47. The van der Waals surface area contributed by atoms with Gasteiger partial charge in [0, 0.05) is 23.1 Å². The van der Waals surface area contributed by atoms with Crippen LogP contribution in [0.2, 0.25) is 0 Å². The van der Waals surface area contributed by atoms with Gasteiger partial charge in [-0.3, -0.25) is 0 Å². The number of aromatic amines is 1. The zero-order valence-corrected chi connectivity index (χ0v) is 14.5. The van der Waals surface area contributed by atoms with Gasteiger partial charge in [0.05, 0.1) is 5.54 Å². The smallest absolute Gasteiger partial charge is 0.0848 e. The second-order valence-corrected chi connectivity index (χ2v) is 6.99. The molecule has 4 aromatic rings. The van der Waals surface area contributed by atoms with Crippen LogP contribution in [0.4, 0.5) is 0 Å². The molecular weight excluding hydrogens is 304 g/mol. The lowest BCUT2D eigenvalue weighted by molar-refractivity contribution is 0.363. The number of H-pyrrole nitrogens is 1. The molecule has 0 spiro atoms. The van der Waals surface area contributed by atoms with Crippen molar-refractivity contribution >= 4 is 21.7 Å². The van der Waals surface area contributed by atoms with Crippen LogP contribution >= 0.6 is 0 Å². The number of aromatic nitrogens is 1. The number of para-hydroxylation sites is 1. The molecule has 0 bridgehead atoms. The van der Waals surface area contributed by atoms with Crippen molar-refractivity contribution in [2.45, 2.75) is 25.3 Å². The maximum atomic E-state index is 3.88. The summed E-state index contributed by atoms with van der Waals surface area (Å²) in [7, 11) is 0. The fourth-order valence-corrected chi connectivity index (χ4v) is 4.63. The van der Waals surface area contributed by atoms with Crippen LogP contribution in [-0.4, -0.2) is 11.5 Å². The molecule has 2 heteroatoms. The minimum atomic E-state index is -0.159. The molecule has 5 rings (SSSR count). The molecular formula is C23H22N2. The Kier molecular flexibility index (Phi) is 3.22. The summed E-state index contributed by atoms with van der Waals surface area (Å²) in [5, 5.41) is 7.89. The van der Waals surface area contributed by atoms with Crippen molar-refractivity contribution < 1.29 is 0 Å². The van der Waals surface area contributed by atoms with Gasteiger partial charge in [-0.2, -0.15) is 0 Å². The Balaban J connectivity index is 1.85. The zero-order valence-electron chi connectivity index (χ0n) is 14.5. The van der Waals surface area contributed by atoms with E-state index in [9.17, 15) is 0 Å². The highest BCUT2D eigenvalue weighted by molar-refractivity contribution is 5.89. The van der Waals surface area contributed by atoms with Gasteiger partial charge in [-0.05, 0) is 40.8 Å². The predicted octanol–water partition coefficient (Wildman–Crippen LogP) is 5.12. The lowest BCUT2D eigenvalue weighted by Crippen LogP contribution is -2.48. The molecule has 0 radical (unpaired) electrons. The molecule has 1 aromatic heterocycles. The van der Waals surface area contributed by atoms with Crippen molar-refractivity contribution in [2.24, 2.45) is 0 Å². The topological polar surface area (TPSA) is 27.8 Å². The summed E-state index contributed by atoms with van der Waals surface area (Å²) < 4.78 is 0. The molecule has 1 unspecified atom stereocenters. The van der Waals surface area contributed by atoms with Gasteiger partial charge in [0.2, 0.25) is 0 Å². The van der Waals surface area contributed by atoms with E-state index in [1.165, 1.54) is 38.5 Å². The molecule has 0 aliphatic carbocycles. The van der Waals surface area contributed by atoms with Gasteiger partial charge >= 0.3 is 0 Å². The molecule has 2 nitrogen and oxygen atoms in total. The van der Waals surface area contributed by atoms with E-state index in [1.54, 1.807) is 0 Å². The Hall–Kier alpha value is -2.58. The van der Waals surface area contributed by atoms with Crippen molar-refractivity contribution in [3.8, 4) is 0 Å². The summed E-state index contributed by atoms with van der Waals surface area (Å²) in [6.07, 6.45) is 2.09. The highest BCUT2D eigenvalue weighted by Crippen LogP contribution is 2.42. The fraction of sp³-hybridized carbons (Fsp3) is 0.217. The number of benzene rings is 3. The van der Waals surface area contributed by atoms with Crippen LogP contribution in [0.25, 0.3) is 21.7 Å². The minimum Gasteiger partial charge on any atom is -0.356 e. The Labute approximate surface area is 147 Å². The molecule has 0 fully saturated rings. The largest absolute Gasteiger partial charge is 0.356 e. The van der Waals surface area contributed by atoms with Gasteiger partial charge in [0.25, 0.3) is 0 Å². The van der Waals surface area contributed by atoms with E-state index in [0.29, 0.717) is 0 Å². The van der Waals surface area contributed by atoms with Crippen LogP contribution in [-0.2, 0) is 12.0 Å². The molecule has 0 saturated carbocycles. The van der Waals surface area contributed by atoms with Crippen molar-refractivity contribution in [2.75, 3.05) is 6.54 Å². The third kappa shape index (κ3) is 2.01. The van der Waals surface area contributed by atoms with Crippen LogP contribution in [0.3, 0.4) is 0 Å². The third-order valence-corrected chi connectivity index (χ3v) is 5.82. The van der Waals surface area contributed by atoms with Gasteiger partial charge < -0.3 is 10.3 Å². The molecule has 0 amide bonds. The summed E-state index contributed by atoms with van der Waals surface area (Å²) in [5.74, 6) is 0. The summed E-state index contributed by atoms with van der Waals surface area (Å²) in [5.41, 5.74) is 5.28.